The molecule has 3 heteroatoms. The summed E-state index contributed by atoms with van der Waals surface area (Å²) in [6.45, 7) is 0. The highest BCUT2D eigenvalue weighted by Gasteiger charge is 2.26. The van der Waals surface area contributed by atoms with E-state index in [9.17, 15) is 4.79 Å². The van der Waals surface area contributed by atoms with Gasteiger partial charge in [0.1, 0.15) is 0 Å². The Balaban J connectivity index is 1.97. The molecule has 0 saturated heterocycles. The van der Waals surface area contributed by atoms with Crippen LogP contribution in [0.5, 0.6) is 0 Å². The fourth-order valence-electron chi connectivity index (χ4n) is 2.15. The highest BCUT2D eigenvalue weighted by Crippen LogP contribution is 2.44. The molecule has 2 aromatic rings. The van der Waals surface area contributed by atoms with Gasteiger partial charge in [-0.2, -0.15) is 0 Å². The normalized spacial score (nSPS) is 18.5. The van der Waals surface area contributed by atoms with Gasteiger partial charge in [-0.1, -0.05) is 46.3 Å². The van der Waals surface area contributed by atoms with Gasteiger partial charge in [-0.05, 0) is 23.8 Å². The minimum absolute atomic E-state index is 0.235. The Morgan fingerprint density at radius 1 is 1.11 bits per heavy atom. The van der Waals surface area contributed by atoms with Crippen molar-refractivity contribution in [3.05, 3.63) is 64.1 Å². The van der Waals surface area contributed by atoms with Gasteiger partial charge in [0.05, 0.1) is 0 Å². The van der Waals surface area contributed by atoms with E-state index in [-0.39, 0.29) is 11.0 Å². The number of hydrogen-bond acceptors (Lipinski definition) is 2. The monoisotopic (exact) mass is 318 g/mol. The summed E-state index contributed by atoms with van der Waals surface area (Å²) >= 11 is 5.20. The van der Waals surface area contributed by atoms with E-state index < -0.39 is 0 Å². The second-order valence-corrected chi connectivity index (χ2v) is 6.45. The molecule has 0 radical (unpaired) electrons. The van der Waals surface area contributed by atoms with Crippen LogP contribution in [-0.4, -0.2) is 5.78 Å². The second kappa shape index (κ2) is 4.90. The van der Waals surface area contributed by atoms with Gasteiger partial charge in [0, 0.05) is 26.6 Å². The minimum atomic E-state index is 0.235. The predicted octanol–water partition coefficient (Wildman–Crippen LogP) is 4.87. The molecule has 0 saturated carbocycles. The standard InChI is InChI=1S/C15H11BrOS/c16-11-6-7-14-12(8-11)13(17)9-15(18-14)10-4-2-1-3-5-10/h1-8,15H,9H2. The van der Waals surface area contributed by atoms with Crippen molar-refractivity contribution in [3.8, 4) is 0 Å². The first-order valence-electron chi connectivity index (χ1n) is 5.78. The topological polar surface area (TPSA) is 17.1 Å². The third kappa shape index (κ3) is 2.25. The Labute approximate surface area is 119 Å². The van der Waals surface area contributed by atoms with Gasteiger partial charge in [-0.15, -0.1) is 11.8 Å². The number of hydrogen-bond donors (Lipinski definition) is 0. The summed E-state index contributed by atoms with van der Waals surface area (Å²) in [4.78, 5) is 13.3. The van der Waals surface area contributed by atoms with Crippen molar-refractivity contribution in [2.45, 2.75) is 16.6 Å². The van der Waals surface area contributed by atoms with Crippen LogP contribution in [0.15, 0.2) is 57.9 Å². The lowest BCUT2D eigenvalue weighted by molar-refractivity contribution is 0.0976. The molecule has 1 unspecified atom stereocenters. The summed E-state index contributed by atoms with van der Waals surface area (Å²) in [5.41, 5.74) is 2.07. The van der Waals surface area contributed by atoms with E-state index in [0.29, 0.717) is 6.42 Å². The van der Waals surface area contributed by atoms with E-state index in [1.165, 1.54) is 5.56 Å². The van der Waals surface area contributed by atoms with Crippen LogP contribution in [0, 0.1) is 0 Å². The summed E-state index contributed by atoms with van der Waals surface area (Å²) in [7, 11) is 0. The number of ketones is 1. The number of benzene rings is 2. The van der Waals surface area contributed by atoms with E-state index in [4.69, 9.17) is 0 Å². The molecule has 0 N–H and O–H groups in total. The maximum absolute atomic E-state index is 12.2. The zero-order valence-electron chi connectivity index (χ0n) is 9.60. The van der Waals surface area contributed by atoms with Crippen molar-refractivity contribution in [1.29, 1.82) is 0 Å². The average molecular weight is 319 g/mol. The van der Waals surface area contributed by atoms with Crippen LogP contribution in [0.25, 0.3) is 0 Å². The average Bonchev–Trinajstić information content (AvgIpc) is 2.40. The molecular formula is C15H11BrOS. The molecule has 1 aliphatic rings. The van der Waals surface area contributed by atoms with Gasteiger partial charge in [-0.3, -0.25) is 4.79 Å². The minimum Gasteiger partial charge on any atom is -0.294 e. The Bertz CT molecular complexity index is 595. The largest absolute Gasteiger partial charge is 0.294 e. The maximum Gasteiger partial charge on any atom is 0.165 e. The van der Waals surface area contributed by atoms with Crippen LogP contribution >= 0.6 is 27.7 Å². The van der Waals surface area contributed by atoms with E-state index in [0.717, 1.165) is 14.9 Å². The summed E-state index contributed by atoms with van der Waals surface area (Å²) in [6, 6.07) is 16.2. The number of rotatable bonds is 1. The highest BCUT2D eigenvalue weighted by atomic mass is 79.9. The molecule has 18 heavy (non-hydrogen) atoms. The summed E-state index contributed by atoms with van der Waals surface area (Å²) < 4.78 is 0.966. The van der Waals surface area contributed by atoms with Crippen molar-refractivity contribution in [2.75, 3.05) is 0 Å². The van der Waals surface area contributed by atoms with Crippen LogP contribution in [-0.2, 0) is 0 Å². The molecule has 3 rings (SSSR count). The number of fused-ring (bicyclic) bond motifs is 1. The maximum atomic E-state index is 12.2. The van der Waals surface area contributed by atoms with Gasteiger partial charge in [0.2, 0.25) is 0 Å². The molecule has 0 aliphatic carbocycles. The van der Waals surface area contributed by atoms with Crippen molar-refractivity contribution >= 4 is 33.5 Å². The Kier molecular flexibility index (Phi) is 3.27. The van der Waals surface area contributed by atoms with Gasteiger partial charge in [-0.25, -0.2) is 0 Å². The lowest BCUT2D eigenvalue weighted by atomic mass is 10.0. The number of Topliss-reactive ketones (excluding diaryl/α,β-unsaturated/α-hetero) is 1. The van der Waals surface area contributed by atoms with Crippen molar-refractivity contribution in [2.24, 2.45) is 0 Å². The van der Waals surface area contributed by atoms with Crippen LogP contribution in [0.1, 0.15) is 27.6 Å². The number of carbonyl (C=O) groups is 1. The van der Waals surface area contributed by atoms with Gasteiger partial charge < -0.3 is 0 Å². The van der Waals surface area contributed by atoms with Crippen LogP contribution in [0.3, 0.4) is 0 Å². The lowest BCUT2D eigenvalue weighted by Gasteiger charge is -2.23. The molecule has 0 amide bonds. The zero-order valence-corrected chi connectivity index (χ0v) is 12.0. The number of halogens is 1. The first-order chi connectivity index (χ1) is 8.74. The first kappa shape index (κ1) is 12.0. The lowest BCUT2D eigenvalue weighted by Crippen LogP contribution is -2.12. The summed E-state index contributed by atoms with van der Waals surface area (Å²) in [6.07, 6.45) is 0.581. The smallest absolute Gasteiger partial charge is 0.165 e. The van der Waals surface area contributed by atoms with Crippen molar-refractivity contribution in [3.63, 3.8) is 0 Å². The molecule has 0 spiro atoms. The predicted molar refractivity (Wildman–Crippen MR) is 78.1 cm³/mol. The zero-order chi connectivity index (χ0) is 12.5. The molecule has 1 nitrogen and oxygen atoms in total. The van der Waals surface area contributed by atoms with Gasteiger partial charge in [0.25, 0.3) is 0 Å². The Morgan fingerprint density at radius 3 is 2.67 bits per heavy atom. The fraction of sp³-hybridized carbons (Fsp3) is 0.133. The number of carbonyl (C=O) groups excluding carboxylic acids is 1. The van der Waals surface area contributed by atoms with Crippen molar-refractivity contribution < 1.29 is 4.79 Å². The summed E-state index contributed by atoms with van der Waals surface area (Å²) in [5, 5.41) is 0.243. The number of thioether (sulfide) groups is 1. The molecule has 1 heterocycles. The molecule has 0 bridgehead atoms. The third-order valence-electron chi connectivity index (χ3n) is 3.05. The third-order valence-corrected chi connectivity index (χ3v) is 4.88. The van der Waals surface area contributed by atoms with Gasteiger partial charge in [0.15, 0.2) is 5.78 Å². The van der Waals surface area contributed by atoms with Crippen molar-refractivity contribution in [1.82, 2.24) is 0 Å². The van der Waals surface area contributed by atoms with Crippen LogP contribution < -0.4 is 0 Å². The second-order valence-electron chi connectivity index (χ2n) is 4.28. The quantitative estimate of drug-likeness (QED) is 0.746. The molecule has 2 aromatic carbocycles. The van der Waals surface area contributed by atoms with E-state index in [1.807, 2.05) is 36.4 Å². The molecule has 1 aliphatic heterocycles. The summed E-state index contributed by atoms with van der Waals surface area (Å²) in [5.74, 6) is 0.235. The Morgan fingerprint density at radius 2 is 1.89 bits per heavy atom. The Hall–Kier alpha value is -1.06. The highest BCUT2D eigenvalue weighted by molar-refractivity contribution is 9.10. The van der Waals surface area contributed by atoms with E-state index in [1.54, 1.807) is 11.8 Å². The van der Waals surface area contributed by atoms with E-state index >= 15 is 0 Å². The molecule has 1 atom stereocenters. The SMILES string of the molecule is O=C1CC(c2ccccc2)Sc2ccc(Br)cc21. The van der Waals surface area contributed by atoms with Gasteiger partial charge >= 0.3 is 0 Å². The van der Waals surface area contributed by atoms with E-state index in [2.05, 4.69) is 28.1 Å². The molecule has 0 fully saturated rings. The van der Waals surface area contributed by atoms with Crippen LogP contribution in [0.2, 0.25) is 0 Å². The molecule has 90 valence electrons. The first-order valence-corrected chi connectivity index (χ1v) is 7.45. The van der Waals surface area contributed by atoms with Crippen LogP contribution in [0.4, 0.5) is 0 Å². The molecule has 0 aromatic heterocycles. The fourth-order valence-corrected chi connectivity index (χ4v) is 3.79. The molecular weight excluding hydrogens is 308 g/mol.